The van der Waals surface area contributed by atoms with E-state index < -0.39 is 33.9 Å². The lowest BCUT2D eigenvalue weighted by Gasteiger charge is -2.19. The van der Waals surface area contributed by atoms with Gasteiger partial charge < -0.3 is 10.1 Å². The number of nitro benzene ring substituents is 1. The molecule has 8 heteroatoms. The first kappa shape index (κ1) is 17.5. The van der Waals surface area contributed by atoms with Gasteiger partial charge in [-0.2, -0.15) is 8.78 Å². The quantitative estimate of drug-likeness (QED) is 0.682. The molecule has 0 fully saturated rings. The number of hydrogen-bond acceptors (Lipinski definition) is 4. The number of benzene rings is 1. The van der Waals surface area contributed by atoms with Crippen LogP contribution in [0.1, 0.15) is 26.3 Å². The summed E-state index contributed by atoms with van der Waals surface area (Å²) in [6, 6.07) is 1.68. The second-order valence-corrected chi connectivity index (χ2v) is 5.38. The first-order valence-electron chi connectivity index (χ1n) is 6.37. The normalized spacial score (nSPS) is 11.5. The van der Waals surface area contributed by atoms with Crippen LogP contribution in [-0.2, 0) is 4.74 Å². The molecule has 1 aromatic carbocycles. The monoisotopic (exact) mass is 314 g/mol. The lowest BCUT2D eigenvalue weighted by Crippen LogP contribution is -2.32. The van der Waals surface area contributed by atoms with Crippen LogP contribution in [-0.4, -0.2) is 23.2 Å². The maximum Gasteiger partial charge on any atom is 0.407 e. The fraction of sp³-hybridized carbons (Fsp3) is 0.357. The summed E-state index contributed by atoms with van der Waals surface area (Å²) < 4.78 is 31.8. The van der Waals surface area contributed by atoms with Crippen LogP contribution in [0.25, 0.3) is 6.08 Å². The number of carbonyl (C=O) groups excluding carboxylic acids is 1. The van der Waals surface area contributed by atoms with Crippen molar-refractivity contribution in [1.29, 1.82) is 0 Å². The van der Waals surface area contributed by atoms with Crippen LogP contribution in [0.5, 0.6) is 0 Å². The van der Waals surface area contributed by atoms with Crippen LogP contribution in [0.4, 0.5) is 19.3 Å². The number of hydrogen-bond donors (Lipinski definition) is 1. The Balaban J connectivity index is 2.65. The summed E-state index contributed by atoms with van der Waals surface area (Å²) in [5, 5.41) is 12.9. The van der Waals surface area contributed by atoms with Crippen molar-refractivity contribution < 1.29 is 23.2 Å². The van der Waals surface area contributed by atoms with Crippen molar-refractivity contribution in [2.75, 3.05) is 6.54 Å². The average Bonchev–Trinajstić information content (AvgIpc) is 2.31. The van der Waals surface area contributed by atoms with E-state index in [4.69, 9.17) is 4.74 Å². The van der Waals surface area contributed by atoms with Gasteiger partial charge in [0.1, 0.15) is 5.60 Å². The third kappa shape index (κ3) is 5.47. The fourth-order valence-electron chi connectivity index (χ4n) is 1.51. The Labute approximate surface area is 125 Å². The highest BCUT2D eigenvalue weighted by molar-refractivity contribution is 5.68. The number of nitrogens with one attached hydrogen (secondary N) is 1. The number of carbonyl (C=O) groups is 1. The predicted molar refractivity (Wildman–Crippen MR) is 76.3 cm³/mol. The second kappa shape index (κ2) is 6.97. The van der Waals surface area contributed by atoms with Crippen LogP contribution >= 0.6 is 0 Å². The molecule has 6 nitrogen and oxygen atoms in total. The van der Waals surface area contributed by atoms with Gasteiger partial charge in [0.05, 0.1) is 4.92 Å². The Kier molecular flexibility index (Phi) is 5.56. The molecule has 0 radical (unpaired) electrons. The molecule has 0 spiro atoms. The highest BCUT2D eigenvalue weighted by Gasteiger charge is 2.21. The number of alkyl carbamates (subject to hydrolysis) is 1. The number of ether oxygens (including phenoxy) is 1. The molecule has 0 aliphatic rings. The molecule has 1 rings (SSSR count). The van der Waals surface area contributed by atoms with Gasteiger partial charge in [0.25, 0.3) is 0 Å². The molecule has 0 saturated heterocycles. The van der Waals surface area contributed by atoms with Gasteiger partial charge in [0.2, 0.25) is 11.6 Å². The van der Waals surface area contributed by atoms with Crippen molar-refractivity contribution in [1.82, 2.24) is 5.32 Å². The van der Waals surface area contributed by atoms with E-state index in [0.29, 0.717) is 0 Å². The molecule has 1 N–H and O–H groups in total. The van der Waals surface area contributed by atoms with Crippen molar-refractivity contribution in [2.24, 2.45) is 0 Å². The Hall–Kier alpha value is -2.51. The van der Waals surface area contributed by atoms with Gasteiger partial charge in [-0.1, -0.05) is 12.2 Å². The molecule has 0 heterocycles. The summed E-state index contributed by atoms with van der Waals surface area (Å²) in [6.45, 7) is 5.22. The Morgan fingerprint density at radius 2 is 1.91 bits per heavy atom. The van der Waals surface area contributed by atoms with E-state index in [1.54, 1.807) is 20.8 Å². The number of amides is 1. The summed E-state index contributed by atoms with van der Waals surface area (Å²) in [4.78, 5) is 20.7. The maximum atomic E-state index is 13.4. The number of nitrogens with zero attached hydrogens (tertiary/aromatic N) is 1. The van der Waals surface area contributed by atoms with E-state index in [9.17, 15) is 23.7 Å². The zero-order chi connectivity index (χ0) is 16.9. The molecule has 22 heavy (non-hydrogen) atoms. The minimum absolute atomic E-state index is 0.0785. The zero-order valence-corrected chi connectivity index (χ0v) is 12.4. The standard InChI is InChI=1S/C14H16F2N2O4/c1-14(2,3)22-13(19)17-6-4-5-9-7-10(15)12(18(20)21)11(16)8-9/h4-5,7-8H,6H2,1-3H3,(H,17,19). The molecular formula is C14H16F2N2O4. The minimum atomic E-state index is -1.26. The molecule has 0 atom stereocenters. The van der Waals surface area contributed by atoms with Gasteiger partial charge in [0.15, 0.2) is 0 Å². The molecule has 1 amide bonds. The summed E-state index contributed by atoms with van der Waals surface area (Å²) in [7, 11) is 0. The first-order valence-corrected chi connectivity index (χ1v) is 6.37. The Morgan fingerprint density at radius 3 is 2.36 bits per heavy atom. The molecule has 0 aliphatic carbocycles. The molecule has 0 bridgehead atoms. The molecule has 1 aromatic rings. The van der Waals surface area contributed by atoms with Crippen LogP contribution in [0.2, 0.25) is 0 Å². The first-order chi connectivity index (χ1) is 10.1. The summed E-state index contributed by atoms with van der Waals surface area (Å²) in [6.07, 6.45) is 2.13. The van der Waals surface area contributed by atoms with E-state index in [2.05, 4.69) is 5.32 Å². The Morgan fingerprint density at radius 1 is 1.36 bits per heavy atom. The summed E-state index contributed by atoms with van der Waals surface area (Å²) in [5.41, 5.74) is -1.71. The average molecular weight is 314 g/mol. The minimum Gasteiger partial charge on any atom is -0.444 e. The van der Waals surface area contributed by atoms with Crippen LogP contribution in [0.3, 0.4) is 0 Å². The predicted octanol–water partition coefficient (Wildman–Crippen LogP) is 3.41. The molecule has 0 aliphatic heterocycles. The molecule has 0 unspecified atom stereocenters. The van der Waals surface area contributed by atoms with Crippen molar-refractivity contribution in [3.8, 4) is 0 Å². The third-order valence-electron chi connectivity index (χ3n) is 2.30. The number of halogens is 2. The zero-order valence-electron chi connectivity index (χ0n) is 12.4. The van der Waals surface area contributed by atoms with Crippen molar-refractivity contribution in [3.63, 3.8) is 0 Å². The summed E-state index contributed by atoms with van der Waals surface area (Å²) >= 11 is 0. The highest BCUT2D eigenvalue weighted by Crippen LogP contribution is 2.23. The third-order valence-corrected chi connectivity index (χ3v) is 2.30. The van der Waals surface area contributed by atoms with Gasteiger partial charge in [-0.15, -0.1) is 0 Å². The van der Waals surface area contributed by atoms with Crippen LogP contribution in [0, 0.1) is 21.7 Å². The summed E-state index contributed by atoms with van der Waals surface area (Å²) in [5.74, 6) is -2.52. The Bertz CT molecular complexity index is 586. The largest absolute Gasteiger partial charge is 0.444 e. The van der Waals surface area contributed by atoms with Crippen molar-refractivity contribution in [3.05, 3.63) is 45.5 Å². The van der Waals surface area contributed by atoms with Crippen LogP contribution in [0.15, 0.2) is 18.2 Å². The van der Waals surface area contributed by atoms with Gasteiger partial charge >= 0.3 is 11.8 Å². The molecule has 120 valence electrons. The smallest absolute Gasteiger partial charge is 0.407 e. The number of rotatable bonds is 4. The van der Waals surface area contributed by atoms with Gasteiger partial charge in [-0.05, 0) is 38.5 Å². The van der Waals surface area contributed by atoms with E-state index in [1.807, 2.05) is 0 Å². The molecule has 0 aromatic heterocycles. The second-order valence-electron chi connectivity index (χ2n) is 5.38. The van der Waals surface area contributed by atoms with Crippen molar-refractivity contribution >= 4 is 17.9 Å². The molecular weight excluding hydrogens is 298 g/mol. The topological polar surface area (TPSA) is 81.5 Å². The van der Waals surface area contributed by atoms with E-state index in [1.165, 1.54) is 12.2 Å². The fourth-order valence-corrected chi connectivity index (χ4v) is 1.51. The molecule has 0 saturated carbocycles. The lowest BCUT2D eigenvalue weighted by atomic mass is 10.1. The van der Waals surface area contributed by atoms with Crippen LogP contribution < -0.4 is 5.32 Å². The number of nitro groups is 1. The van der Waals surface area contributed by atoms with E-state index in [-0.39, 0.29) is 12.1 Å². The SMILES string of the molecule is CC(C)(C)OC(=O)NCC=Cc1cc(F)c([N+](=O)[O-])c(F)c1. The van der Waals surface area contributed by atoms with E-state index >= 15 is 0 Å². The van der Waals surface area contributed by atoms with Gasteiger partial charge in [-0.3, -0.25) is 10.1 Å². The highest BCUT2D eigenvalue weighted by atomic mass is 19.1. The van der Waals surface area contributed by atoms with Gasteiger partial charge in [-0.25, -0.2) is 4.79 Å². The van der Waals surface area contributed by atoms with Gasteiger partial charge in [0, 0.05) is 6.54 Å². The van der Waals surface area contributed by atoms with Crippen molar-refractivity contribution in [2.45, 2.75) is 26.4 Å². The maximum absolute atomic E-state index is 13.4. The van der Waals surface area contributed by atoms with E-state index in [0.717, 1.165) is 12.1 Å². The lowest BCUT2D eigenvalue weighted by molar-refractivity contribution is -0.390.